The topological polar surface area (TPSA) is 49.3 Å². The van der Waals surface area contributed by atoms with E-state index in [0.717, 1.165) is 0 Å². The number of carbonyl (C=O) groups is 1. The fourth-order valence-electron chi connectivity index (χ4n) is 2.10. The van der Waals surface area contributed by atoms with Crippen LogP contribution in [0.2, 0.25) is 0 Å². The number of benzene rings is 2. The van der Waals surface area contributed by atoms with Crippen molar-refractivity contribution in [3.05, 3.63) is 70.8 Å². The summed E-state index contributed by atoms with van der Waals surface area (Å²) in [6, 6.07) is 8.90. The third-order valence-electron chi connectivity index (χ3n) is 3.46. The van der Waals surface area contributed by atoms with Crippen molar-refractivity contribution in [2.75, 3.05) is 0 Å². The molecule has 0 saturated carbocycles. The van der Waals surface area contributed by atoms with Gasteiger partial charge < -0.3 is 10.4 Å². The fraction of sp³-hybridized carbons (Fsp3) is 0.235. The van der Waals surface area contributed by atoms with E-state index >= 15 is 0 Å². The standard InChI is InChI=1S/C17H17F2NO2/c1-10-9-13(5-8-15(10)19)17(22)20-11(2)16(21)12-3-6-14(18)7-4-12/h3-9,11,16,21H,1-2H3,(H,20,22). The van der Waals surface area contributed by atoms with Gasteiger partial charge in [-0.15, -0.1) is 0 Å². The van der Waals surface area contributed by atoms with Gasteiger partial charge in [0.15, 0.2) is 0 Å². The smallest absolute Gasteiger partial charge is 0.251 e. The number of rotatable bonds is 4. The van der Waals surface area contributed by atoms with Crippen molar-refractivity contribution in [2.24, 2.45) is 0 Å². The molecular weight excluding hydrogens is 288 g/mol. The van der Waals surface area contributed by atoms with Gasteiger partial charge in [0.05, 0.1) is 12.1 Å². The Morgan fingerprint density at radius 2 is 1.77 bits per heavy atom. The minimum Gasteiger partial charge on any atom is -0.386 e. The molecule has 2 unspecified atom stereocenters. The maximum atomic E-state index is 13.2. The predicted octanol–water partition coefficient (Wildman–Crippen LogP) is 3.13. The lowest BCUT2D eigenvalue weighted by Crippen LogP contribution is -2.37. The van der Waals surface area contributed by atoms with E-state index in [2.05, 4.69) is 5.32 Å². The Kier molecular flexibility index (Phi) is 4.88. The number of nitrogens with one attached hydrogen (secondary N) is 1. The van der Waals surface area contributed by atoms with E-state index in [4.69, 9.17) is 0 Å². The Morgan fingerprint density at radius 1 is 1.14 bits per heavy atom. The summed E-state index contributed by atoms with van der Waals surface area (Å²) in [6.07, 6.45) is -0.967. The highest BCUT2D eigenvalue weighted by Gasteiger charge is 2.19. The summed E-state index contributed by atoms with van der Waals surface area (Å²) in [4.78, 5) is 12.1. The minimum absolute atomic E-state index is 0.317. The van der Waals surface area contributed by atoms with Gasteiger partial charge in [0.2, 0.25) is 0 Å². The molecule has 0 aliphatic heterocycles. The first-order valence-corrected chi connectivity index (χ1v) is 6.89. The molecule has 22 heavy (non-hydrogen) atoms. The van der Waals surface area contributed by atoms with Crippen molar-refractivity contribution < 1.29 is 18.7 Å². The molecule has 0 aliphatic carbocycles. The van der Waals surface area contributed by atoms with Crippen LogP contribution in [0.3, 0.4) is 0 Å². The molecule has 0 heterocycles. The first-order chi connectivity index (χ1) is 10.4. The third kappa shape index (κ3) is 3.68. The largest absolute Gasteiger partial charge is 0.386 e. The van der Waals surface area contributed by atoms with Gasteiger partial charge in [-0.1, -0.05) is 12.1 Å². The van der Waals surface area contributed by atoms with E-state index in [1.807, 2.05) is 0 Å². The minimum atomic E-state index is -0.967. The molecule has 0 spiro atoms. The van der Waals surface area contributed by atoms with Gasteiger partial charge in [-0.05, 0) is 55.3 Å². The maximum absolute atomic E-state index is 13.2. The number of hydrogen-bond acceptors (Lipinski definition) is 2. The monoisotopic (exact) mass is 305 g/mol. The Hall–Kier alpha value is -2.27. The predicted molar refractivity (Wildman–Crippen MR) is 79.4 cm³/mol. The highest BCUT2D eigenvalue weighted by atomic mass is 19.1. The Bertz CT molecular complexity index is 671. The second kappa shape index (κ2) is 6.66. The molecule has 2 atom stereocenters. The molecule has 5 heteroatoms. The number of amides is 1. The van der Waals surface area contributed by atoms with E-state index in [1.165, 1.54) is 42.5 Å². The summed E-state index contributed by atoms with van der Waals surface area (Å²) in [5.74, 6) is -1.18. The van der Waals surface area contributed by atoms with Gasteiger partial charge in [0.25, 0.3) is 5.91 Å². The van der Waals surface area contributed by atoms with E-state index in [9.17, 15) is 18.7 Å². The van der Waals surface area contributed by atoms with Crippen LogP contribution in [0.4, 0.5) is 8.78 Å². The van der Waals surface area contributed by atoms with Crippen LogP contribution < -0.4 is 5.32 Å². The molecule has 0 saturated heterocycles. The summed E-state index contributed by atoms with van der Waals surface area (Å²) in [5, 5.41) is 12.8. The number of carbonyl (C=O) groups excluding carboxylic acids is 1. The zero-order valence-corrected chi connectivity index (χ0v) is 12.3. The Morgan fingerprint density at radius 3 is 2.36 bits per heavy atom. The average Bonchev–Trinajstić information content (AvgIpc) is 2.50. The maximum Gasteiger partial charge on any atom is 0.251 e. The summed E-state index contributed by atoms with van der Waals surface area (Å²) < 4.78 is 26.1. The molecule has 2 rings (SSSR count). The molecule has 3 nitrogen and oxygen atoms in total. The van der Waals surface area contributed by atoms with Crippen LogP contribution in [0, 0.1) is 18.6 Å². The number of hydrogen-bond donors (Lipinski definition) is 2. The van der Waals surface area contributed by atoms with E-state index in [1.54, 1.807) is 13.8 Å². The average molecular weight is 305 g/mol. The molecule has 116 valence electrons. The van der Waals surface area contributed by atoms with Crippen molar-refractivity contribution in [1.82, 2.24) is 5.32 Å². The Labute approximate surface area is 127 Å². The highest BCUT2D eigenvalue weighted by molar-refractivity contribution is 5.94. The Balaban J connectivity index is 2.07. The van der Waals surface area contributed by atoms with Crippen molar-refractivity contribution in [3.63, 3.8) is 0 Å². The van der Waals surface area contributed by atoms with Crippen LogP contribution in [-0.2, 0) is 0 Å². The molecule has 2 N–H and O–H groups in total. The first-order valence-electron chi connectivity index (χ1n) is 6.89. The van der Waals surface area contributed by atoms with Gasteiger partial charge in [-0.2, -0.15) is 0 Å². The summed E-state index contributed by atoms with van der Waals surface area (Å²) >= 11 is 0. The molecular formula is C17H17F2NO2. The summed E-state index contributed by atoms with van der Waals surface area (Å²) in [6.45, 7) is 3.21. The van der Waals surface area contributed by atoms with E-state index < -0.39 is 23.9 Å². The molecule has 0 bridgehead atoms. The molecule has 0 aromatic heterocycles. The molecule has 0 radical (unpaired) electrons. The lowest BCUT2D eigenvalue weighted by molar-refractivity contribution is 0.0852. The van der Waals surface area contributed by atoms with Crippen LogP contribution in [0.1, 0.15) is 34.5 Å². The van der Waals surface area contributed by atoms with Crippen LogP contribution in [-0.4, -0.2) is 17.1 Å². The highest BCUT2D eigenvalue weighted by Crippen LogP contribution is 2.18. The van der Waals surface area contributed by atoms with Crippen molar-refractivity contribution in [2.45, 2.75) is 26.0 Å². The van der Waals surface area contributed by atoms with Gasteiger partial charge in [0.1, 0.15) is 11.6 Å². The van der Waals surface area contributed by atoms with Gasteiger partial charge >= 0.3 is 0 Å². The molecule has 2 aromatic carbocycles. The van der Waals surface area contributed by atoms with E-state index in [0.29, 0.717) is 16.7 Å². The number of halogens is 2. The zero-order valence-electron chi connectivity index (χ0n) is 12.3. The third-order valence-corrected chi connectivity index (χ3v) is 3.46. The summed E-state index contributed by atoms with van der Waals surface area (Å²) in [7, 11) is 0. The molecule has 0 aliphatic rings. The zero-order chi connectivity index (χ0) is 16.3. The quantitative estimate of drug-likeness (QED) is 0.912. The van der Waals surface area contributed by atoms with Crippen LogP contribution in [0.5, 0.6) is 0 Å². The van der Waals surface area contributed by atoms with Crippen molar-refractivity contribution in [1.29, 1.82) is 0 Å². The normalized spacial score (nSPS) is 13.5. The summed E-state index contributed by atoms with van der Waals surface area (Å²) in [5.41, 5.74) is 1.20. The van der Waals surface area contributed by atoms with Crippen molar-refractivity contribution in [3.8, 4) is 0 Å². The van der Waals surface area contributed by atoms with Gasteiger partial charge in [0, 0.05) is 5.56 Å². The lowest BCUT2D eigenvalue weighted by Gasteiger charge is -2.20. The SMILES string of the molecule is Cc1cc(C(=O)NC(C)C(O)c2ccc(F)cc2)ccc1F. The fourth-order valence-corrected chi connectivity index (χ4v) is 2.10. The lowest BCUT2D eigenvalue weighted by atomic mass is 10.0. The van der Waals surface area contributed by atoms with Crippen LogP contribution >= 0.6 is 0 Å². The van der Waals surface area contributed by atoms with Crippen LogP contribution in [0.25, 0.3) is 0 Å². The van der Waals surface area contributed by atoms with Gasteiger partial charge in [-0.25, -0.2) is 8.78 Å². The molecule has 2 aromatic rings. The van der Waals surface area contributed by atoms with E-state index in [-0.39, 0.29) is 5.82 Å². The number of aryl methyl sites for hydroxylation is 1. The number of aliphatic hydroxyl groups excluding tert-OH is 1. The van der Waals surface area contributed by atoms with Gasteiger partial charge in [-0.3, -0.25) is 4.79 Å². The second-order valence-corrected chi connectivity index (χ2v) is 5.22. The van der Waals surface area contributed by atoms with Crippen molar-refractivity contribution >= 4 is 5.91 Å². The molecule has 1 amide bonds. The first kappa shape index (κ1) is 16.1. The number of aliphatic hydroxyl groups is 1. The molecule has 0 fully saturated rings. The second-order valence-electron chi connectivity index (χ2n) is 5.22. The van der Waals surface area contributed by atoms with Crippen LogP contribution in [0.15, 0.2) is 42.5 Å².